The van der Waals surface area contributed by atoms with Crippen LogP contribution in [0.15, 0.2) is 63.1 Å². The van der Waals surface area contributed by atoms with E-state index in [1.54, 1.807) is 31.6 Å². The summed E-state index contributed by atoms with van der Waals surface area (Å²) in [4.78, 5) is 13.4. The van der Waals surface area contributed by atoms with Crippen molar-refractivity contribution in [2.24, 2.45) is 0 Å². The quantitative estimate of drug-likeness (QED) is 0.435. The number of fused-ring (bicyclic) bond motifs is 1. The van der Waals surface area contributed by atoms with Crippen LogP contribution >= 0.6 is 11.3 Å². The maximum absolute atomic E-state index is 12.2. The number of methoxy groups -OCH3 is 3. The average molecular weight is 394 g/mol. The largest absolute Gasteiger partial charge is 0.493 e. The van der Waals surface area contributed by atoms with Crippen LogP contribution in [0.25, 0.3) is 32.5 Å². The summed E-state index contributed by atoms with van der Waals surface area (Å²) in [5, 5.41) is 2.70. The minimum absolute atomic E-state index is 0.374. The SMILES string of the molecule is COc1cc2oc(=O)cc(-c3ccc(-c4cccs4)cc3)c2c(OC)c1OC. The molecular formula is C22H18O5S. The Morgan fingerprint density at radius 3 is 2.18 bits per heavy atom. The molecule has 0 atom stereocenters. The van der Waals surface area contributed by atoms with Crippen molar-refractivity contribution >= 4 is 22.3 Å². The zero-order valence-electron chi connectivity index (χ0n) is 15.6. The van der Waals surface area contributed by atoms with Crippen molar-refractivity contribution in [2.75, 3.05) is 21.3 Å². The molecule has 0 aliphatic heterocycles. The molecule has 28 heavy (non-hydrogen) atoms. The van der Waals surface area contributed by atoms with E-state index in [0.717, 1.165) is 11.1 Å². The molecule has 4 rings (SSSR count). The summed E-state index contributed by atoms with van der Waals surface area (Å²) in [5.41, 5.74) is 2.64. The number of hydrogen-bond acceptors (Lipinski definition) is 6. The third kappa shape index (κ3) is 3.01. The summed E-state index contributed by atoms with van der Waals surface area (Å²) in [7, 11) is 4.61. The second-order valence-electron chi connectivity index (χ2n) is 6.05. The normalized spacial score (nSPS) is 10.8. The van der Waals surface area contributed by atoms with E-state index in [-0.39, 0.29) is 0 Å². The van der Waals surface area contributed by atoms with Crippen LogP contribution in [0.1, 0.15) is 0 Å². The van der Waals surface area contributed by atoms with E-state index in [4.69, 9.17) is 18.6 Å². The summed E-state index contributed by atoms with van der Waals surface area (Å²) in [6, 6.07) is 15.3. The first-order valence-corrected chi connectivity index (χ1v) is 9.45. The van der Waals surface area contributed by atoms with Gasteiger partial charge in [0.2, 0.25) is 5.75 Å². The summed E-state index contributed by atoms with van der Waals surface area (Å²) in [6.07, 6.45) is 0. The van der Waals surface area contributed by atoms with E-state index in [1.807, 2.05) is 35.7 Å². The molecular weight excluding hydrogens is 376 g/mol. The number of ether oxygens (including phenoxy) is 3. The third-order valence-electron chi connectivity index (χ3n) is 4.54. The molecule has 0 N–H and O–H groups in total. The molecule has 4 aromatic rings. The highest BCUT2D eigenvalue weighted by Gasteiger charge is 2.21. The van der Waals surface area contributed by atoms with E-state index in [9.17, 15) is 4.79 Å². The zero-order valence-corrected chi connectivity index (χ0v) is 16.5. The van der Waals surface area contributed by atoms with Gasteiger partial charge in [-0.3, -0.25) is 0 Å². The summed E-state index contributed by atoms with van der Waals surface area (Å²) in [5.74, 6) is 1.33. The first kappa shape index (κ1) is 18.1. The monoisotopic (exact) mass is 394 g/mol. The van der Waals surface area contributed by atoms with Crippen LogP contribution in [0.4, 0.5) is 0 Å². The van der Waals surface area contributed by atoms with Gasteiger partial charge in [0.05, 0.1) is 26.7 Å². The molecule has 0 fully saturated rings. The maximum Gasteiger partial charge on any atom is 0.336 e. The summed E-state index contributed by atoms with van der Waals surface area (Å²) < 4.78 is 21.9. The lowest BCUT2D eigenvalue weighted by Crippen LogP contribution is -2.02. The maximum atomic E-state index is 12.2. The molecule has 0 saturated carbocycles. The van der Waals surface area contributed by atoms with Crippen molar-refractivity contribution in [3.05, 3.63) is 64.3 Å². The number of benzene rings is 2. The zero-order chi connectivity index (χ0) is 19.7. The Balaban J connectivity index is 1.97. The minimum Gasteiger partial charge on any atom is -0.493 e. The fraction of sp³-hybridized carbons (Fsp3) is 0.136. The predicted octanol–water partition coefficient (Wildman–Crippen LogP) is 5.21. The molecule has 2 aromatic carbocycles. The fourth-order valence-electron chi connectivity index (χ4n) is 3.28. The van der Waals surface area contributed by atoms with Crippen LogP contribution in [-0.2, 0) is 0 Å². The van der Waals surface area contributed by atoms with Crippen molar-refractivity contribution < 1.29 is 18.6 Å². The lowest BCUT2D eigenvalue weighted by molar-refractivity contribution is 0.326. The highest BCUT2D eigenvalue weighted by atomic mass is 32.1. The third-order valence-corrected chi connectivity index (χ3v) is 5.46. The summed E-state index contributed by atoms with van der Waals surface area (Å²) in [6.45, 7) is 0. The molecule has 2 heterocycles. The molecule has 0 unspecified atom stereocenters. The standard InChI is InChI=1S/C22H18O5S/c1-24-17-12-16-20(22(26-3)21(17)25-2)15(11-19(23)27-16)13-6-8-14(9-7-13)18-5-4-10-28-18/h4-12H,1-3H3. The number of rotatable bonds is 5. The Bertz CT molecular complexity index is 1170. The first-order chi connectivity index (χ1) is 13.7. The lowest BCUT2D eigenvalue weighted by atomic mass is 9.99. The highest BCUT2D eigenvalue weighted by molar-refractivity contribution is 7.13. The van der Waals surface area contributed by atoms with E-state index in [2.05, 4.69) is 6.07 Å². The van der Waals surface area contributed by atoms with Gasteiger partial charge in [-0.1, -0.05) is 30.3 Å². The molecule has 2 aromatic heterocycles. The Morgan fingerprint density at radius 2 is 1.57 bits per heavy atom. The summed E-state index contributed by atoms with van der Waals surface area (Å²) >= 11 is 1.68. The second-order valence-corrected chi connectivity index (χ2v) is 7.00. The molecule has 0 radical (unpaired) electrons. The van der Waals surface area contributed by atoms with Crippen LogP contribution in [0.5, 0.6) is 17.2 Å². The van der Waals surface area contributed by atoms with Crippen LogP contribution in [0.3, 0.4) is 0 Å². The van der Waals surface area contributed by atoms with Gasteiger partial charge in [-0.25, -0.2) is 4.79 Å². The Labute approximate surface area is 165 Å². The van der Waals surface area contributed by atoms with Crippen LogP contribution in [0.2, 0.25) is 0 Å². The molecule has 0 spiro atoms. The van der Waals surface area contributed by atoms with E-state index < -0.39 is 5.63 Å². The van der Waals surface area contributed by atoms with Gasteiger partial charge in [0, 0.05) is 22.6 Å². The van der Waals surface area contributed by atoms with Crippen LogP contribution in [-0.4, -0.2) is 21.3 Å². The van der Waals surface area contributed by atoms with Crippen LogP contribution < -0.4 is 19.8 Å². The van der Waals surface area contributed by atoms with E-state index in [0.29, 0.717) is 33.8 Å². The molecule has 142 valence electrons. The van der Waals surface area contributed by atoms with Crippen molar-refractivity contribution in [1.82, 2.24) is 0 Å². The van der Waals surface area contributed by atoms with Crippen molar-refractivity contribution in [3.8, 4) is 38.8 Å². The topological polar surface area (TPSA) is 57.9 Å². The second kappa shape index (κ2) is 7.40. The number of hydrogen-bond donors (Lipinski definition) is 0. The van der Waals surface area contributed by atoms with Gasteiger partial charge in [0.25, 0.3) is 0 Å². The Hall–Kier alpha value is -3.25. The molecule has 0 aliphatic carbocycles. The van der Waals surface area contributed by atoms with Gasteiger partial charge in [0.1, 0.15) is 5.58 Å². The molecule has 5 nitrogen and oxygen atoms in total. The lowest BCUT2D eigenvalue weighted by Gasteiger charge is -2.16. The minimum atomic E-state index is -0.445. The smallest absolute Gasteiger partial charge is 0.336 e. The predicted molar refractivity (Wildman–Crippen MR) is 111 cm³/mol. The molecule has 0 bridgehead atoms. The van der Waals surface area contributed by atoms with Crippen molar-refractivity contribution in [1.29, 1.82) is 0 Å². The number of thiophene rings is 1. The van der Waals surface area contributed by atoms with E-state index >= 15 is 0 Å². The Morgan fingerprint density at radius 1 is 0.857 bits per heavy atom. The van der Waals surface area contributed by atoms with Gasteiger partial charge < -0.3 is 18.6 Å². The van der Waals surface area contributed by atoms with Gasteiger partial charge >= 0.3 is 5.63 Å². The highest BCUT2D eigenvalue weighted by Crippen LogP contribution is 2.46. The Kier molecular flexibility index (Phi) is 4.79. The molecule has 6 heteroatoms. The average Bonchev–Trinajstić information content (AvgIpc) is 3.26. The van der Waals surface area contributed by atoms with Crippen molar-refractivity contribution in [2.45, 2.75) is 0 Å². The van der Waals surface area contributed by atoms with Gasteiger partial charge in [-0.2, -0.15) is 0 Å². The first-order valence-electron chi connectivity index (χ1n) is 8.57. The van der Waals surface area contributed by atoms with Gasteiger partial charge in [0.15, 0.2) is 11.5 Å². The molecule has 0 saturated heterocycles. The fourth-order valence-corrected chi connectivity index (χ4v) is 4.01. The van der Waals surface area contributed by atoms with E-state index in [1.165, 1.54) is 18.1 Å². The van der Waals surface area contributed by atoms with Crippen LogP contribution in [0, 0.1) is 0 Å². The van der Waals surface area contributed by atoms with Crippen molar-refractivity contribution in [3.63, 3.8) is 0 Å². The van der Waals surface area contributed by atoms with Gasteiger partial charge in [-0.15, -0.1) is 11.3 Å². The molecule has 0 amide bonds. The molecule has 0 aliphatic rings. The van der Waals surface area contributed by atoms with Gasteiger partial charge in [-0.05, 0) is 22.6 Å².